The minimum Gasteiger partial charge on any atom is -0.481 e. The standard InChI is InChI=1S/C24H26N2O4S/c1-27-22-14-15-25-24(26-22)29-17-21-20(28-16-18-8-4-2-5-9-18)12-13-23(30-21)31-19-10-6-3-7-11-19/h2-11,14-15,20-21,23H,12-13,16-17H2,1H3/t20-,21+,23?/m0/s1. The van der Waals surface area contributed by atoms with E-state index in [2.05, 4.69) is 34.2 Å². The first kappa shape index (κ1) is 21.6. The number of benzene rings is 2. The van der Waals surface area contributed by atoms with Crippen LogP contribution in [-0.4, -0.2) is 41.3 Å². The predicted molar refractivity (Wildman–Crippen MR) is 119 cm³/mol. The van der Waals surface area contributed by atoms with Crippen LogP contribution in [0, 0.1) is 0 Å². The van der Waals surface area contributed by atoms with E-state index in [0.717, 1.165) is 18.4 Å². The molecule has 6 nitrogen and oxygen atoms in total. The molecule has 31 heavy (non-hydrogen) atoms. The summed E-state index contributed by atoms with van der Waals surface area (Å²) in [6, 6.07) is 22.4. The van der Waals surface area contributed by atoms with E-state index in [1.807, 2.05) is 36.4 Å². The second-order valence-corrected chi connectivity index (χ2v) is 8.37. The van der Waals surface area contributed by atoms with Gasteiger partial charge in [-0.1, -0.05) is 60.3 Å². The van der Waals surface area contributed by atoms with Crippen molar-refractivity contribution >= 4 is 11.8 Å². The van der Waals surface area contributed by atoms with Gasteiger partial charge in [0, 0.05) is 17.2 Å². The second-order valence-electron chi connectivity index (χ2n) is 7.14. The summed E-state index contributed by atoms with van der Waals surface area (Å²) in [5.74, 6) is 0.462. The average Bonchev–Trinajstić information content (AvgIpc) is 2.83. The Morgan fingerprint density at radius 1 is 1.00 bits per heavy atom. The molecule has 2 aromatic carbocycles. The zero-order valence-corrected chi connectivity index (χ0v) is 18.2. The van der Waals surface area contributed by atoms with Crippen LogP contribution in [-0.2, 0) is 16.1 Å². The molecule has 0 aliphatic carbocycles. The van der Waals surface area contributed by atoms with Gasteiger partial charge in [0.25, 0.3) is 0 Å². The number of rotatable bonds is 9. The van der Waals surface area contributed by atoms with Crippen LogP contribution >= 0.6 is 11.8 Å². The highest BCUT2D eigenvalue weighted by Crippen LogP contribution is 2.34. The summed E-state index contributed by atoms with van der Waals surface area (Å²) < 4.78 is 23.6. The lowest BCUT2D eigenvalue weighted by Gasteiger charge is -2.35. The molecule has 1 unspecified atom stereocenters. The third kappa shape index (κ3) is 6.43. The number of hydrogen-bond donors (Lipinski definition) is 0. The lowest BCUT2D eigenvalue weighted by atomic mass is 10.1. The van der Waals surface area contributed by atoms with Crippen molar-refractivity contribution in [3.8, 4) is 11.9 Å². The normalized spacial score (nSPS) is 20.9. The molecule has 0 N–H and O–H groups in total. The van der Waals surface area contributed by atoms with E-state index in [4.69, 9.17) is 18.9 Å². The third-order valence-corrected chi connectivity index (χ3v) is 6.09. The monoisotopic (exact) mass is 438 g/mol. The van der Waals surface area contributed by atoms with Gasteiger partial charge >= 0.3 is 6.01 Å². The Morgan fingerprint density at radius 3 is 2.55 bits per heavy atom. The maximum Gasteiger partial charge on any atom is 0.319 e. The number of ether oxygens (including phenoxy) is 4. The van der Waals surface area contributed by atoms with Crippen LogP contribution < -0.4 is 9.47 Å². The summed E-state index contributed by atoms with van der Waals surface area (Å²) in [6.45, 7) is 0.843. The molecule has 3 aromatic rings. The van der Waals surface area contributed by atoms with Crippen molar-refractivity contribution in [2.75, 3.05) is 13.7 Å². The Bertz CT molecular complexity index is 929. The fourth-order valence-corrected chi connectivity index (χ4v) is 4.42. The van der Waals surface area contributed by atoms with Gasteiger partial charge in [-0.25, -0.2) is 4.98 Å². The van der Waals surface area contributed by atoms with Crippen LogP contribution in [0.1, 0.15) is 18.4 Å². The first-order valence-electron chi connectivity index (χ1n) is 10.3. The average molecular weight is 439 g/mol. The highest BCUT2D eigenvalue weighted by atomic mass is 32.2. The van der Waals surface area contributed by atoms with Crippen molar-refractivity contribution in [2.24, 2.45) is 0 Å². The Labute approximate surface area is 186 Å². The van der Waals surface area contributed by atoms with E-state index >= 15 is 0 Å². The van der Waals surface area contributed by atoms with E-state index < -0.39 is 0 Å². The lowest BCUT2D eigenvalue weighted by molar-refractivity contribution is -0.133. The van der Waals surface area contributed by atoms with Gasteiger partial charge in [0.05, 0.1) is 19.8 Å². The summed E-state index contributed by atoms with van der Waals surface area (Å²) in [6.07, 6.45) is 3.11. The Balaban J connectivity index is 1.40. The van der Waals surface area contributed by atoms with Gasteiger partial charge in [-0.3, -0.25) is 0 Å². The molecule has 0 spiro atoms. The predicted octanol–water partition coefficient (Wildman–Crippen LogP) is 4.75. The molecule has 1 aliphatic rings. The third-order valence-electron chi connectivity index (χ3n) is 4.94. The lowest BCUT2D eigenvalue weighted by Crippen LogP contribution is -2.43. The minimum atomic E-state index is -0.228. The molecule has 1 aliphatic heterocycles. The van der Waals surface area contributed by atoms with Crippen LogP contribution in [0.25, 0.3) is 0 Å². The molecular weight excluding hydrogens is 412 g/mol. The quantitative estimate of drug-likeness (QED) is 0.478. The van der Waals surface area contributed by atoms with E-state index in [9.17, 15) is 0 Å². The Kier molecular flexibility index (Phi) is 7.76. The fraction of sp³-hybridized carbons (Fsp3) is 0.333. The van der Waals surface area contributed by atoms with Gasteiger partial charge in [-0.15, -0.1) is 0 Å². The van der Waals surface area contributed by atoms with Crippen LogP contribution in [0.3, 0.4) is 0 Å². The van der Waals surface area contributed by atoms with Crippen LogP contribution in [0.2, 0.25) is 0 Å². The highest BCUT2D eigenvalue weighted by Gasteiger charge is 2.33. The summed E-state index contributed by atoms with van der Waals surface area (Å²) in [5, 5.41) is 0. The van der Waals surface area contributed by atoms with Crippen molar-refractivity contribution in [3.05, 3.63) is 78.5 Å². The molecular formula is C24H26N2O4S. The maximum absolute atomic E-state index is 6.40. The fourth-order valence-electron chi connectivity index (χ4n) is 3.35. The number of hydrogen-bond acceptors (Lipinski definition) is 7. The molecule has 0 bridgehead atoms. The summed E-state index contributed by atoms with van der Waals surface area (Å²) in [4.78, 5) is 9.57. The second kappa shape index (κ2) is 11.1. The van der Waals surface area contributed by atoms with Crippen molar-refractivity contribution in [1.82, 2.24) is 9.97 Å². The summed E-state index contributed by atoms with van der Waals surface area (Å²) in [5.41, 5.74) is 1.18. The molecule has 0 saturated carbocycles. The summed E-state index contributed by atoms with van der Waals surface area (Å²) in [7, 11) is 1.56. The number of methoxy groups -OCH3 is 1. The van der Waals surface area contributed by atoms with Crippen molar-refractivity contribution in [2.45, 2.75) is 42.0 Å². The molecule has 7 heteroatoms. The smallest absolute Gasteiger partial charge is 0.319 e. The highest BCUT2D eigenvalue weighted by molar-refractivity contribution is 7.99. The van der Waals surface area contributed by atoms with E-state index in [-0.39, 0.29) is 23.7 Å². The largest absolute Gasteiger partial charge is 0.481 e. The molecule has 1 aromatic heterocycles. The Morgan fingerprint density at radius 2 is 1.77 bits per heavy atom. The molecule has 1 saturated heterocycles. The van der Waals surface area contributed by atoms with Crippen LogP contribution in [0.5, 0.6) is 11.9 Å². The molecule has 0 amide bonds. The Hall–Kier alpha value is -2.61. The van der Waals surface area contributed by atoms with E-state index in [1.54, 1.807) is 31.1 Å². The van der Waals surface area contributed by atoms with Gasteiger partial charge in [-0.2, -0.15) is 4.98 Å². The van der Waals surface area contributed by atoms with Crippen molar-refractivity contribution < 1.29 is 18.9 Å². The zero-order chi connectivity index (χ0) is 21.3. The van der Waals surface area contributed by atoms with Crippen LogP contribution in [0.4, 0.5) is 0 Å². The van der Waals surface area contributed by atoms with Crippen LogP contribution in [0.15, 0.2) is 77.8 Å². The van der Waals surface area contributed by atoms with Crippen molar-refractivity contribution in [3.63, 3.8) is 0 Å². The zero-order valence-electron chi connectivity index (χ0n) is 17.4. The van der Waals surface area contributed by atoms with E-state index in [1.165, 1.54) is 4.90 Å². The number of nitrogens with zero attached hydrogens (tertiary/aromatic N) is 2. The molecule has 2 heterocycles. The van der Waals surface area contributed by atoms with E-state index in [0.29, 0.717) is 19.1 Å². The first-order valence-corrected chi connectivity index (χ1v) is 11.2. The molecule has 162 valence electrons. The maximum atomic E-state index is 6.40. The molecule has 4 rings (SSSR count). The first-order chi connectivity index (χ1) is 15.3. The van der Waals surface area contributed by atoms with Gasteiger partial charge in [0.2, 0.25) is 5.88 Å². The van der Waals surface area contributed by atoms with Crippen molar-refractivity contribution in [1.29, 1.82) is 0 Å². The SMILES string of the molecule is COc1ccnc(OC[C@H]2OC(Sc3ccccc3)CC[C@@H]2OCc2ccccc2)n1. The summed E-state index contributed by atoms with van der Waals surface area (Å²) >= 11 is 1.73. The number of thioether (sulfide) groups is 1. The van der Waals surface area contributed by atoms with Gasteiger partial charge in [-0.05, 0) is 30.5 Å². The van der Waals surface area contributed by atoms with Gasteiger partial charge in [0.15, 0.2) is 0 Å². The molecule has 3 atom stereocenters. The van der Waals surface area contributed by atoms with Gasteiger partial charge in [0.1, 0.15) is 18.1 Å². The minimum absolute atomic E-state index is 0.0406. The topological polar surface area (TPSA) is 62.7 Å². The number of aromatic nitrogens is 2. The molecule has 0 radical (unpaired) electrons. The van der Waals surface area contributed by atoms with Gasteiger partial charge < -0.3 is 18.9 Å². The molecule has 1 fully saturated rings.